The van der Waals surface area contributed by atoms with Crippen LogP contribution in [0.15, 0.2) is 18.5 Å². The summed E-state index contributed by atoms with van der Waals surface area (Å²) in [6.07, 6.45) is 4.66. The van der Waals surface area contributed by atoms with Crippen molar-refractivity contribution in [3.63, 3.8) is 0 Å². The molecule has 0 amide bonds. The molecule has 3 rings (SSSR count). The number of benzene rings is 1. The highest BCUT2D eigenvalue weighted by atomic mass is 15.1. The minimum Gasteiger partial charge on any atom is -0.326 e. The lowest BCUT2D eigenvalue weighted by molar-refractivity contribution is 0.501. The van der Waals surface area contributed by atoms with Gasteiger partial charge in [0.1, 0.15) is 0 Å². The average Bonchev–Trinajstić information content (AvgIpc) is 3.09. The predicted octanol–water partition coefficient (Wildman–Crippen LogP) is 2.97. The molecular weight excluding hydrogens is 222 g/mol. The average molecular weight is 243 g/mol. The zero-order valence-electron chi connectivity index (χ0n) is 11.4. The van der Waals surface area contributed by atoms with E-state index in [1.165, 1.54) is 29.5 Å². The van der Waals surface area contributed by atoms with Crippen molar-refractivity contribution in [1.82, 2.24) is 14.9 Å². The van der Waals surface area contributed by atoms with Gasteiger partial charge in [-0.15, -0.1) is 0 Å². The first kappa shape index (κ1) is 11.7. The van der Waals surface area contributed by atoms with Crippen molar-refractivity contribution in [3.05, 3.63) is 29.6 Å². The van der Waals surface area contributed by atoms with Crippen molar-refractivity contribution in [2.24, 2.45) is 0 Å². The Bertz CT molecular complexity index is 566. The second-order valence-electron chi connectivity index (χ2n) is 5.61. The van der Waals surface area contributed by atoms with E-state index in [1.54, 1.807) is 0 Å². The standard InChI is InChI=1S/C15H21N3/c1-10-6-14-15(7-11(10)2)18(9-17-14)12(3)8-16-13-4-5-13/h6-7,9,12-13,16H,4-5,8H2,1-3H3. The van der Waals surface area contributed by atoms with Crippen molar-refractivity contribution in [2.75, 3.05) is 6.54 Å². The van der Waals surface area contributed by atoms with Crippen LogP contribution in [0.1, 0.15) is 36.9 Å². The molecule has 3 heteroatoms. The van der Waals surface area contributed by atoms with E-state index in [0.717, 1.165) is 18.1 Å². The third kappa shape index (κ3) is 2.15. The summed E-state index contributed by atoms with van der Waals surface area (Å²) in [5.74, 6) is 0. The summed E-state index contributed by atoms with van der Waals surface area (Å²) in [6, 6.07) is 5.66. The van der Waals surface area contributed by atoms with Crippen LogP contribution in [0.25, 0.3) is 11.0 Å². The molecular formula is C15H21N3. The van der Waals surface area contributed by atoms with Gasteiger partial charge in [0.15, 0.2) is 0 Å². The van der Waals surface area contributed by atoms with Crippen LogP contribution in [0.4, 0.5) is 0 Å². The number of imidazole rings is 1. The van der Waals surface area contributed by atoms with E-state index in [0.29, 0.717) is 6.04 Å². The predicted molar refractivity (Wildman–Crippen MR) is 74.9 cm³/mol. The van der Waals surface area contributed by atoms with Crippen LogP contribution in [-0.4, -0.2) is 22.1 Å². The summed E-state index contributed by atoms with van der Waals surface area (Å²) in [4.78, 5) is 4.52. The van der Waals surface area contributed by atoms with E-state index >= 15 is 0 Å². The quantitative estimate of drug-likeness (QED) is 0.894. The van der Waals surface area contributed by atoms with Gasteiger partial charge in [-0.05, 0) is 56.9 Å². The Morgan fingerprint density at radius 2 is 2.06 bits per heavy atom. The molecule has 1 aromatic carbocycles. The lowest BCUT2D eigenvalue weighted by Crippen LogP contribution is -2.24. The van der Waals surface area contributed by atoms with Gasteiger partial charge >= 0.3 is 0 Å². The van der Waals surface area contributed by atoms with E-state index in [2.05, 4.69) is 47.8 Å². The van der Waals surface area contributed by atoms with Gasteiger partial charge in [-0.25, -0.2) is 4.98 Å². The van der Waals surface area contributed by atoms with Gasteiger partial charge in [0.2, 0.25) is 0 Å². The number of aromatic nitrogens is 2. The Morgan fingerprint density at radius 3 is 2.78 bits per heavy atom. The molecule has 0 spiro atoms. The van der Waals surface area contributed by atoms with Gasteiger partial charge in [-0.2, -0.15) is 0 Å². The largest absolute Gasteiger partial charge is 0.326 e. The van der Waals surface area contributed by atoms with Gasteiger partial charge in [-0.1, -0.05) is 0 Å². The number of nitrogens with one attached hydrogen (secondary N) is 1. The molecule has 1 N–H and O–H groups in total. The minimum absolute atomic E-state index is 0.456. The lowest BCUT2D eigenvalue weighted by Gasteiger charge is -2.15. The van der Waals surface area contributed by atoms with Crippen molar-refractivity contribution in [3.8, 4) is 0 Å². The molecule has 0 bridgehead atoms. The number of rotatable bonds is 4. The Morgan fingerprint density at radius 1 is 1.33 bits per heavy atom. The van der Waals surface area contributed by atoms with Crippen LogP contribution in [0.3, 0.4) is 0 Å². The zero-order valence-corrected chi connectivity index (χ0v) is 11.4. The van der Waals surface area contributed by atoms with Gasteiger partial charge in [-0.3, -0.25) is 0 Å². The molecule has 1 saturated carbocycles. The van der Waals surface area contributed by atoms with Crippen molar-refractivity contribution < 1.29 is 0 Å². The van der Waals surface area contributed by atoms with E-state index in [1.807, 2.05) is 6.33 Å². The lowest BCUT2D eigenvalue weighted by atomic mass is 10.1. The second kappa shape index (κ2) is 4.39. The fourth-order valence-electron chi connectivity index (χ4n) is 2.36. The van der Waals surface area contributed by atoms with E-state index in [-0.39, 0.29) is 0 Å². The molecule has 1 aliphatic rings. The van der Waals surface area contributed by atoms with Crippen LogP contribution < -0.4 is 5.32 Å². The number of nitrogens with zero attached hydrogens (tertiary/aromatic N) is 2. The molecule has 1 atom stereocenters. The third-order valence-corrected chi connectivity index (χ3v) is 3.94. The number of hydrogen-bond donors (Lipinski definition) is 1. The minimum atomic E-state index is 0.456. The number of aryl methyl sites for hydroxylation is 2. The van der Waals surface area contributed by atoms with Gasteiger partial charge < -0.3 is 9.88 Å². The molecule has 0 radical (unpaired) electrons. The maximum Gasteiger partial charge on any atom is 0.0961 e. The van der Waals surface area contributed by atoms with Crippen LogP contribution in [0, 0.1) is 13.8 Å². The maximum atomic E-state index is 4.52. The molecule has 1 aliphatic carbocycles. The second-order valence-corrected chi connectivity index (χ2v) is 5.61. The number of fused-ring (bicyclic) bond motifs is 1. The Labute approximate surface area is 108 Å². The summed E-state index contributed by atoms with van der Waals surface area (Å²) in [5.41, 5.74) is 5.02. The van der Waals surface area contributed by atoms with Crippen molar-refractivity contribution >= 4 is 11.0 Å². The third-order valence-electron chi connectivity index (χ3n) is 3.94. The van der Waals surface area contributed by atoms with Crippen LogP contribution in [-0.2, 0) is 0 Å². The van der Waals surface area contributed by atoms with Crippen LogP contribution in [0.5, 0.6) is 0 Å². The topological polar surface area (TPSA) is 29.9 Å². The summed E-state index contributed by atoms with van der Waals surface area (Å²) in [6.45, 7) is 7.60. The molecule has 96 valence electrons. The molecule has 18 heavy (non-hydrogen) atoms. The van der Waals surface area contributed by atoms with Crippen LogP contribution >= 0.6 is 0 Å². The molecule has 0 saturated heterocycles. The van der Waals surface area contributed by atoms with E-state index in [9.17, 15) is 0 Å². The van der Waals surface area contributed by atoms with Crippen molar-refractivity contribution in [1.29, 1.82) is 0 Å². The molecule has 1 fully saturated rings. The Hall–Kier alpha value is -1.35. The van der Waals surface area contributed by atoms with Crippen molar-refractivity contribution in [2.45, 2.75) is 45.7 Å². The number of hydrogen-bond acceptors (Lipinski definition) is 2. The molecule has 1 heterocycles. The first-order valence-electron chi connectivity index (χ1n) is 6.82. The molecule has 1 unspecified atom stereocenters. The Kier molecular flexibility index (Phi) is 2.86. The van der Waals surface area contributed by atoms with E-state index in [4.69, 9.17) is 0 Å². The van der Waals surface area contributed by atoms with Gasteiger partial charge in [0.25, 0.3) is 0 Å². The van der Waals surface area contributed by atoms with Gasteiger partial charge in [0, 0.05) is 18.6 Å². The maximum absolute atomic E-state index is 4.52. The summed E-state index contributed by atoms with van der Waals surface area (Å²) in [7, 11) is 0. The molecule has 1 aromatic heterocycles. The summed E-state index contributed by atoms with van der Waals surface area (Å²) in [5, 5.41) is 3.59. The molecule has 0 aliphatic heterocycles. The Balaban J connectivity index is 1.88. The first-order valence-corrected chi connectivity index (χ1v) is 6.82. The summed E-state index contributed by atoms with van der Waals surface area (Å²) < 4.78 is 2.29. The van der Waals surface area contributed by atoms with E-state index < -0.39 is 0 Å². The fraction of sp³-hybridized carbons (Fsp3) is 0.533. The monoisotopic (exact) mass is 243 g/mol. The fourth-order valence-corrected chi connectivity index (χ4v) is 2.36. The SMILES string of the molecule is Cc1cc2ncn(C(C)CNC3CC3)c2cc1C. The highest BCUT2D eigenvalue weighted by Crippen LogP contribution is 2.23. The van der Waals surface area contributed by atoms with Crippen LogP contribution in [0.2, 0.25) is 0 Å². The first-order chi connectivity index (χ1) is 8.65. The van der Waals surface area contributed by atoms with Gasteiger partial charge in [0.05, 0.1) is 17.4 Å². The smallest absolute Gasteiger partial charge is 0.0961 e. The molecule has 3 nitrogen and oxygen atoms in total. The summed E-state index contributed by atoms with van der Waals surface area (Å²) >= 11 is 0. The zero-order chi connectivity index (χ0) is 12.7. The highest BCUT2D eigenvalue weighted by molar-refractivity contribution is 5.77. The normalized spacial score (nSPS) is 17.3. The molecule has 2 aromatic rings. The highest BCUT2D eigenvalue weighted by Gasteiger charge is 2.21.